The third kappa shape index (κ3) is 4.27. The standard InChI is InChI=1S/C19H26N4O4/c1-20-18(24)17(14-4-2-3-5-14)21-10-12-22(13-11-21)19(25)15-6-8-16(9-7-15)23(26)27/h6-9,14,17H,2-5,10-13H2,1H3,(H,20,24)/t17-/m0/s1. The van der Waals surface area contributed by atoms with Gasteiger partial charge in [-0.15, -0.1) is 0 Å². The number of nitro groups is 1. The van der Waals surface area contributed by atoms with Crippen LogP contribution in [0.3, 0.4) is 0 Å². The number of rotatable bonds is 5. The Bertz CT molecular complexity index is 692. The second-order valence-electron chi connectivity index (χ2n) is 7.24. The molecular weight excluding hydrogens is 348 g/mol. The van der Waals surface area contributed by atoms with E-state index >= 15 is 0 Å². The van der Waals surface area contributed by atoms with Crippen molar-refractivity contribution in [3.63, 3.8) is 0 Å². The second-order valence-corrected chi connectivity index (χ2v) is 7.24. The summed E-state index contributed by atoms with van der Waals surface area (Å²) in [4.78, 5) is 39.3. The fraction of sp³-hybridized carbons (Fsp3) is 0.579. The van der Waals surface area contributed by atoms with Crippen LogP contribution >= 0.6 is 0 Å². The van der Waals surface area contributed by atoms with E-state index in [-0.39, 0.29) is 23.5 Å². The van der Waals surface area contributed by atoms with Crippen molar-refractivity contribution in [1.29, 1.82) is 0 Å². The fourth-order valence-corrected chi connectivity index (χ4v) is 4.21. The Morgan fingerprint density at radius 3 is 2.22 bits per heavy atom. The number of nitrogens with one attached hydrogen (secondary N) is 1. The summed E-state index contributed by atoms with van der Waals surface area (Å²) in [6.07, 6.45) is 4.52. The van der Waals surface area contributed by atoms with Crippen LogP contribution in [0, 0.1) is 16.0 Å². The number of nitro benzene ring substituents is 1. The molecule has 1 N–H and O–H groups in total. The number of hydrogen-bond donors (Lipinski definition) is 1. The Labute approximate surface area is 158 Å². The molecule has 27 heavy (non-hydrogen) atoms. The van der Waals surface area contributed by atoms with Crippen LogP contribution in [0.15, 0.2) is 24.3 Å². The maximum absolute atomic E-state index is 12.7. The van der Waals surface area contributed by atoms with Gasteiger partial charge < -0.3 is 10.2 Å². The third-order valence-corrected chi connectivity index (χ3v) is 5.68. The minimum Gasteiger partial charge on any atom is -0.358 e. The van der Waals surface area contributed by atoms with Crippen molar-refractivity contribution in [3.05, 3.63) is 39.9 Å². The molecule has 1 atom stereocenters. The van der Waals surface area contributed by atoms with E-state index in [0.29, 0.717) is 37.7 Å². The van der Waals surface area contributed by atoms with Gasteiger partial charge in [0.25, 0.3) is 11.6 Å². The van der Waals surface area contributed by atoms with Crippen LogP contribution in [0.25, 0.3) is 0 Å². The van der Waals surface area contributed by atoms with Crippen LogP contribution in [0.5, 0.6) is 0 Å². The molecule has 2 aliphatic rings. The van der Waals surface area contributed by atoms with Crippen LogP contribution in [0.1, 0.15) is 36.0 Å². The van der Waals surface area contributed by atoms with Crippen LogP contribution in [-0.2, 0) is 4.79 Å². The van der Waals surface area contributed by atoms with E-state index in [1.807, 2.05) is 0 Å². The minimum absolute atomic E-state index is 0.0265. The predicted octanol–water partition coefficient (Wildman–Crippen LogP) is 1.66. The Morgan fingerprint density at radius 2 is 1.70 bits per heavy atom. The van der Waals surface area contributed by atoms with E-state index in [9.17, 15) is 19.7 Å². The lowest BCUT2D eigenvalue weighted by Gasteiger charge is -2.40. The lowest BCUT2D eigenvalue weighted by atomic mass is 9.95. The Hall–Kier alpha value is -2.48. The van der Waals surface area contributed by atoms with Gasteiger partial charge in [-0.25, -0.2) is 0 Å². The molecule has 146 valence electrons. The molecule has 2 amide bonds. The maximum atomic E-state index is 12.7. The number of carbonyl (C=O) groups excluding carboxylic acids is 2. The van der Waals surface area contributed by atoms with Crippen molar-refractivity contribution in [2.24, 2.45) is 5.92 Å². The van der Waals surface area contributed by atoms with Gasteiger partial charge in [0.1, 0.15) is 0 Å². The number of amides is 2. The molecule has 0 unspecified atom stereocenters. The highest BCUT2D eigenvalue weighted by molar-refractivity contribution is 5.94. The van der Waals surface area contributed by atoms with Gasteiger partial charge in [0.05, 0.1) is 11.0 Å². The van der Waals surface area contributed by atoms with E-state index in [1.54, 1.807) is 11.9 Å². The SMILES string of the molecule is CNC(=O)[C@H](C1CCCC1)N1CCN(C(=O)c2ccc([N+](=O)[O-])cc2)CC1. The zero-order valence-corrected chi connectivity index (χ0v) is 15.6. The molecule has 1 aromatic rings. The summed E-state index contributed by atoms with van der Waals surface area (Å²) in [6, 6.07) is 5.59. The fourth-order valence-electron chi connectivity index (χ4n) is 4.21. The predicted molar refractivity (Wildman–Crippen MR) is 100 cm³/mol. The van der Waals surface area contributed by atoms with Gasteiger partial charge in [-0.1, -0.05) is 12.8 Å². The van der Waals surface area contributed by atoms with Crippen LogP contribution < -0.4 is 5.32 Å². The average molecular weight is 374 g/mol. The number of benzene rings is 1. The highest BCUT2D eigenvalue weighted by Gasteiger charge is 2.36. The first kappa shape index (κ1) is 19.3. The Balaban J connectivity index is 1.62. The summed E-state index contributed by atoms with van der Waals surface area (Å²) in [6.45, 7) is 2.42. The van der Waals surface area contributed by atoms with Gasteiger partial charge in [0.2, 0.25) is 5.91 Å². The van der Waals surface area contributed by atoms with Crippen molar-refractivity contribution in [1.82, 2.24) is 15.1 Å². The van der Waals surface area contributed by atoms with Crippen molar-refractivity contribution < 1.29 is 14.5 Å². The molecule has 1 saturated carbocycles. The van der Waals surface area contributed by atoms with Gasteiger partial charge in [0, 0.05) is 50.9 Å². The van der Waals surface area contributed by atoms with E-state index < -0.39 is 4.92 Å². The molecule has 0 bridgehead atoms. The molecule has 8 nitrogen and oxygen atoms in total. The molecule has 0 aromatic heterocycles. The number of likely N-dealkylation sites (N-methyl/N-ethyl adjacent to an activating group) is 1. The molecule has 1 saturated heterocycles. The van der Waals surface area contributed by atoms with E-state index in [1.165, 1.54) is 37.1 Å². The van der Waals surface area contributed by atoms with Gasteiger partial charge in [-0.2, -0.15) is 0 Å². The molecule has 1 heterocycles. The summed E-state index contributed by atoms with van der Waals surface area (Å²) in [7, 11) is 1.68. The van der Waals surface area contributed by atoms with Crippen molar-refractivity contribution in [2.75, 3.05) is 33.2 Å². The lowest BCUT2D eigenvalue weighted by Crippen LogP contribution is -2.57. The summed E-state index contributed by atoms with van der Waals surface area (Å²) < 4.78 is 0. The quantitative estimate of drug-likeness (QED) is 0.625. The molecule has 1 aliphatic heterocycles. The highest BCUT2D eigenvalue weighted by Crippen LogP contribution is 2.31. The van der Waals surface area contributed by atoms with Crippen LogP contribution in [0.2, 0.25) is 0 Å². The first-order chi connectivity index (χ1) is 13.0. The van der Waals surface area contributed by atoms with Gasteiger partial charge in [0.15, 0.2) is 0 Å². The summed E-state index contributed by atoms with van der Waals surface area (Å²) in [5.41, 5.74) is 0.425. The largest absolute Gasteiger partial charge is 0.358 e. The number of nitrogens with zero attached hydrogens (tertiary/aromatic N) is 3. The van der Waals surface area contributed by atoms with Crippen LogP contribution in [0.4, 0.5) is 5.69 Å². The summed E-state index contributed by atoms with van der Waals surface area (Å²) in [5.74, 6) is 0.334. The molecule has 1 aliphatic carbocycles. The van der Waals surface area contributed by atoms with Crippen molar-refractivity contribution >= 4 is 17.5 Å². The van der Waals surface area contributed by atoms with E-state index in [0.717, 1.165) is 12.8 Å². The van der Waals surface area contributed by atoms with Crippen molar-refractivity contribution in [2.45, 2.75) is 31.7 Å². The molecule has 0 radical (unpaired) electrons. The van der Waals surface area contributed by atoms with Gasteiger partial charge in [-0.05, 0) is 30.9 Å². The lowest BCUT2D eigenvalue weighted by molar-refractivity contribution is -0.384. The Kier molecular flexibility index (Phi) is 6.05. The molecular formula is C19H26N4O4. The van der Waals surface area contributed by atoms with E-state index in [2.05, 4.69) is 10.2 Å². The zero-order valence-electron chi connectivity index (χ0n) is 15.6. The minimum atomic E-state index is -0.477. The smallest absolute Gasteiger partial charge is 0.269 e. The average Bonchev–Trinajstić information content (AvgIpc) is 3.22. The Morgan fingerprint density at radius 1 is 1.11 bits per heavy atom. The monoisotopic (exact) mass is 374 g/mol. The van der Waals surface area contributed by atoms with E-state index in [4.69, 9.17) is 0 Å². The molecule has 8 heteroatoms. The second kappa shape index (κ2) is 8.47. The topological polar surface area (TPSA) is 95.8 Å². The first-order valence-corrected chi connectivity index (χ1v) is 9.50. The summed E-state index contributed by atoms with van der Waals surface area (Å²) in [5, 5.41) is 13.5. The number of non-ortho nitro benzene ring substituents is 1. The number of carbonyl (C=O) groups is 2. The van der Waals surface area contributed by atoms with Crippen LogP contribution in [-0.4, -0.2) is 65.8 Å². The zero-order chi connectivity index (χ0) is 19.4. The molecule has 0 spiro atoms. The number of piperazine rings is 1. The van der Waals surface area contributed by atoms with Gasteiger partial charge >= 0.3 is 0 Å². The summed E-state index contributed by atoms with van der Waals surface area (Å²) >= 11 is 0. The molecule has 3 rings (SSSR count). The molecule has 1 aromatic carbocycles. The number of hydrogen-bond acceptors (Lipinski definition) is 5. The third-order valence-electron chi connectivity index (χ3n) is 5.68. The first-order valence-electron chi connectivity index (χ1n) is 9.50. The molecule has 2 fully saturated rings. The maximum Gasteiger partial charge on any atom is 0.269 e. The normalized spacial score (nSPS) is 19.7. The van der Waals surface area contributed by atoms with Gasteiger partial charge in [-0.3, -0.25) is 24.6 Å². The van der Waals surface area contributed by atoms with Crippen molar-refractivity contribution in [3.8, 4) is 0 Å². The highest BCUT2D eigenvalue weighted by atomic mass is 16.6.